The highest BCUT2D eigenvalue weighted by Crippen LogP contribution is 2.44. The summed E-state index contributed by atoms with van der Waals surface area (Å²) in [6, 6.07) is 16.1. The van der Waals surface area contributed by atoms with Gasteiger partial charge < -0.3 is 9.30 Å². The van der Waals surface area contributed by atoms with Gasteiger partial charge in [-0.05, 0) is 67.1 Å². The molecule has 3 fully saturated rings. The Bertz CT molecular complexity index is 2270. The van der Waals surface area contributed by atoms with E-state index in [0.29, 0.717) is 36.4 Å². The Kier molecular flexibility index (Phi) is 7.88. The van der Waals surface area contributed by atoms with Crippen LogP contribution in [0.2, 0.25) is 0 Å². The van der Waals surface area contributed by atoms with Crippen LogP contribution in [0.5, 0.6) is 0 Å². The van der Waals surface area contributed by atoms with Crippen LogP contribution in [-0.4, -0.2) is 68.8 Å². The largest absolute Gasteiger partial charge is 0.379 e. The summed E-state index contributed by atoms with van der Waals surface area (Å²) >= 11 is 0. The van der Waals surface area contributed by atoms with Gasteiger partial charge in [-0.2, -0.15) is 0 Å². The first-order valence-corrected chi connectivity index (χ1v) is 18.5. The van der Waals surface area contributed by atoms with E-state index in [1.807, 2.05) is 53.9 Å². The molecular formula is C37H40F2N6O4S. The number of halogens is 2. The minimum absolute atomic E-state index is 0.0564. The molecular weight excluding hydrogens is 663 g/mol. The number of aryl methyl sites for hydroxylation is 2. The van der Waals surface area contributed by atoms with Gasteiger partial charge in [-0.15, -0.1) is 10.2 Å². The van der Waals surface area contributed by atoms with Crippen molar-refractivity contribution in [3.05, 3.63) is 106 Å². The molecule has 1 saturated carbocycles. The van der Waals surface area contributed by atoms with Gasteiger partial charge >= 0.3 is 0 Å². The summed E-state index contributed by atoms with van der Waals surface area (Å²) < 4.78 is 68.5. The van der Waals surface area contributed by atoms with Crippen molar-refractivity contribution in [2.45, 2.75) is 68.2 Å². The Balaban J connectivity index is 1.30. The molecule has 10 nitrogen and oxygen atoms in total. The van der Waals surface area contributed by atoms with Gasteiger partial charge in [-0.1, -0.05) is 36.8 Å². The van der Waals surface area contributed by atoms with E-state index in [2.05, 4.69) is 10.2 Å². The summed E-state index contributed by atoms with van der Waals surface area (Å²) in [5.74, 6) is -2.66. The van der Waals surface area contributed by atoms with Crippen molar-refractivity contribution >= 4 is 20.9 Å². The standard InChI is InChI=1S/C37H40F2N6O4S/c1-24-7-11-30(12-8-24)50(47,48)45-29(19-43-14-13-37(38,39)25(2)18-43)16-31-32(26-9-10-26)20-44(35(46)34(31)45)28-6-4-5-27(15-28)36(21-49-22-36)17-33-41-40-23-42(33)3/h4-8,11-12,15-16,20,23,25-26H,9-10,13-14,17-19,21-22H2,1-3H3. The molecule has 2 aromatic carbocycles. The monoisotopic (exact) mass is 702 g/mol. The lowest BCUT2D eigenvalue weighted by atomic mass is 9.75. The number of ether oxygens (including phenoxy) is 1. The molecule has 0 spiro atoms. The number of hydrogen-bond donors (Lipinski definition) is 0. The van der Waals surface area contributed by atoms with Crippen LogP contribution in [0.25, 0.3) is 16.6 Å². The lowest BCUT2D eigenvalue weighted by Crippen LogP contribution is -2.49. The van der Waals surface area contributed by atoms with E-state index in [9.17, 15) is 22.0 Å². The van der Waals surface area contributed by atoms with Crippen molar-refractivity contribution in [3.8, 4) is 5.69 Å². The molecule has 3 aromatic heterocycles. The molecule has 50 heavy (non-hydrogen) atoms. The summed E-state index contributed by atoms with van der Waals surface area (Å²) in [6.45, 7) is 4.74. The van der Waals surface area contributed by atoms with E-state index in [0.717, 1.165) is 35.4 Å². The fourth-order valence-electron chi connectivity index (χ4n) is 7.47. The molecule has 0 bridgehead atoms. The first-order valence-electron chi connectivity index (χ1n) is 17.1. The summed E-state index contributed by atoms with van der Waals surface area (Å²) in [5.41, 5.74) is 3.06. The van der Waals surface area contributed by atoms with Crippen LogP contribution in [0.3, 0.4) is 0 Å². The molecule has 3 aliphatic rings. The molecule has 0 radical (unpaired) electrons. The Labute approximate surface area is 289 Å². The van der Waals surface area contributed by atoms with Gasteiger partial charge in [0.15, 0.2) is 0 Å². The molecule has 262 valence electrons. The third kappa shape index (κ3) is 5.59. The van der Waals surface area contributed by atoms with Gasteiger partial charge in [0.2, 0.25) is 0 Å². The second-order valence-electron chi connectivity index (χ2n) is 14.5. The maximum absolute atomic E-state index is 14.8. The third-order valence-electron chi connectivity index (χ3n) is 10.8. The number of aromatic nitrogens is 5. The average molecular weight is 703 g/mol. The molecule has 0 amide bonds. The van der Waals surface area contributed by atoms with Crippen molar-refractivity contribution in [2.75, 3.05) is 26.3 Å². The second-order valence-corrected chi connectivity index (χ2v) is 16.3. The second kappa shape index (κ2) is 12.0. The van der Waals surface area contributed by atoms with Crippen molar-refractivity contribution in [1.82, 2.24) is 28.2 Å². The van der Waals surface area contributed by atoms with E-state index in [-0.39, 0.29) is 47.8 Å². The van der Waals surface area contributed by atoms with Gasteiger partial charge in [0.25, 0.3) is 21.5 Å². The molecule has 1 atom stereocenters. The Morgan fingerprint density at radius 2 is 1.82 bits per heavy atom. The molecule has 5 heterocycles. The van der Waals surface area contributed by atoms with Crippen LogP contribution in [0.4, 0.5) is 8.78 Å². The molecule has 1 unspecified atom stereocenters. The summed E-state index contributed by atoms with van der Waals surface area (Å²) in [5, 5.41) is 8.93. The van der Waals surface area contributed by atoms with E-state index in [1.165, 1.54) is 10.9 Å². The number of hydrogen-bond acceptors (Lipinski definition) is 7. The predicted octanol–water partition coefficient (Wildman–Crippen LogP) is 5.33. The van der Waals surface area contributed by atoms with Crippen molar-refractivity contribution < 1.29 is 21.9 Å². The lowest BCUT2D eigenvalue weighted by Gasteiger charge is -2.41. The van der Waals surface area contributed by atoms with Gasteiger partial charge in [0, 0.05) is 73.8 Å². The van der Waals surface area contributed by atoms with Crippen LogP contribution in [0.1, 0.15) is 60.3 Å². The fourth-order valence-corrected chi connectivity index (χ4v) is 9.00. The van der Waals surface area contributed by atoms with E-state index in [4.69, 9.17) is 4.74 Å². The molecule has 5 aromatic rings. The Morgan fingerprint density at radius 1 is 1.06 bits per heavy atom. The molecule has 2 saturated heterocycles. The number of fused-ring (bicyclic) bond motifs is 1. The van der Waals surface area contributed by atoms with E-state index < -0.39 is 27.4 Å². The zero-order chi connectivity index (χ0) is 35.0. The lowest BCUT2D eigenvalue weighted by molar-refractivity contribution is -0.100. The van der Waals surface area contributed by atoms with Crippen LogP contribution in [0.15, 0.2) is 76.8 Å². The highest BCUT2D eigenvalue weighted by molar-refractivity contribution is 7.90. The van der Waals surface area contributed by atoms with E-state index >= 15 is 0 Å². The first kappa shape index (κ1) is 33.0. The smallest absolute Gasteiger partial charge is 0.280 e. The van der Waals surface area contributed by atoms with Gasteiger partial charge in [0.05, 0.1) is 18.1 Å². The van der Waals surface area contributed by atoms with Crippen LogP contribution >= 0.6 is 0 Å². The van der Waals surface area contributed by atoms with Crippen LogP contribution in [0, 0.1) is 12.8 Å². The minimum Gasteiger partial charge on any atom is -0.379 e. The van der Waals surface area contributed by atoms with Crippen molar-refractivity contribution in [3.63, 3.8) is 0 Å². The molecule has 8 rings (SSSR count). The summed E-state index contributed by atoms with van der Waals surface area (Å²) in [7, 11) is -2.36. The Morgan fingerprint density at radius 3 is 2.46 bits per heavy atom. The van der Waals surface area contributed by atoms with Gasteiger partial charge in [-0.25, -0.2) is 21.2 Å². The first-order chi connectivity index (χ1) is 23.9. The molecule has 0 N–H and O–H groups in total. The number of alkyl halides is 2. The fraction of sp³-hybridized carbons (Fsp3) is 0.432. The molecule has 1 aliphatic carbocycles. The normalized spacial score (nSPS) is 20.6. The number of nitrogens with zero attached hydrogens (tertiary/aromatic N) is 6. The Hall–Kier alpha value is -4.20. The highest BCUT2D eigenvalue weighted by atomic mass is 32.2. The van der Waals surface area contributed by atoms with Crippen LogP contribution in [-0.2, 0) is 40.2 Å². The van der Waals surface area contributed by atoms with E-state index in [1.54, 1.807) is 41.2 Å². The maximum Gasteiger partial charge on any atom is 0.280 e. The highest BCUT2D eigenvalue weighted by Gasteiger charge is 2.43. The predicted molar refractivity (Wildman–Crippen MR) is 184 cm³/mol. The average Bonchev–Trinajstić information content (AvgIpc) is 3.72. The topological polar surface area (TPSA) is 104 Å². The van der Waals surface area contributed by atoms with Crippen LogP contribution < -0.4 is 5.56 Å². The maximum atomic E-state index is 14.8. The summed E-state index contributed by atoms with van der Waals surface area (Å²) in [6.07, 6.45) is 5.69. The number of benzene rings is 2. The quantitative estimate of drug-likeness (QED) is 0.205. The minimum atomic E-state index is -4.26. The van der Waals surface area contributed by atoms with Gasteiger partial charge in [-0.3, -0.25) is 14.3 Å². The number of piperidine rings is 1. The third-order valence-corrected chi connectivity index (χ3v) is 12.6. The van der Waals surface area contributed by atoms with Crippen molar-refractivity contribution in [2.24, 2.45) is 13.0 Å². The zero-order valence-corrected chi connectivity index (χ0v) is 29.2. The summed E-state index contributed by atoms with van der Waals surface area (Å²) in [4.78, 5) is 16.7. The number of likely N-dealkylation sites (tertiary alicyclic amines) is 1. The SMILES string of the molecule is Cc1ccc(S(=O)(=O)n2c(CN3CCC(F)(F)C(C)C3)cc3c(C4CC4)cn(-c4cccc(C5(Cc6nncn6C)COC5)c4)c(=O)c32)cc1. The van der Waals surface area contributed by atoms with Gasteiger partial charge in [0.1, 0.15) is 17.7 Å². The number of pyridine rings is 1. The van der Waals surface area contributed by atoms with Crippen molar-refractivity contribution in [1.29, 1.82) is 0 Å². The molecule has 2 aliphatic heterocycles. The zero-order valence-electron chi connectivity index (χ0n) is 28.3. The number of rotatable bonds is 9. The molecule has 13 heteroatoms.